The molecule has 2 aromatic carbocycles. The molecule has 3 nitrogen and oxygen atoms in total. The Bertz CT molecular complexity index is 687. The Morgan fingerprint density at radius 1 is 1.13 bits per heavy atom. The van der Waals surface area contributed by atoms with Crippen molar-refractivity contribution < 1.29 is 22.7 Å². The van der Waals surface area contributed by atoms with Gasteiger partial charge in [0.1, 0.15) is 11.6 Å². The van der Waals surface area contributed by atoms with Gasteiger partial charge in [0, 0.05) is 11.7 Å². The highest BCUT2D eigenvalue weighted by atomic mass is 19.3. The summed E-state index contributed by atoms with van der Waals surface area (Å²) in [4.78, 5) is 11.6. The summed E-state index contributed by atoms with van der Waals surface area (Å²) in [5.74, 6) is -0.903. The average Bonchev–Trinajstić information content (AvgIpc) is 2.47. The molecule has 2 aromatic rings. The Morgan fingerprint density at radius 3 is 2.35 bits per heavy atom. The molecule has 0 aliphatic heterocycles. The lowest BCUT2D eigenvalue weighted by molar-refractivity contribution is -0.0498. The smallest absolute Gasteiger partial charge is 0.387 e. The van der Waals surface area contributed by atoms with Crippen LogP contribution in [0.15, 0.2) is 42.5 Å². The Balaban J connectivity index is 2.18. The molecule has 122 valence electrons. The van der Waals surface area contributed by atoms with E-state index in [2.05, 4.69) is 10.1 Å². The Hall–Kier alpha value is -2.50. The summed E-state index contributed by atoms with van der Waals surface area (Å²) in [7, 11) is 0. The Kier molecular flexibility index (Phi) is 5.26. The van der Waals surface area contributed by atoms with Gasteiger partial charge in [-0.3, -0.25) is 4.79 Å². The lowest BCUT2D eigenvalue weighted by Gasteiger charge is -2.18. The second kappa shape index (κ2) is 7.17. The van der Waals surface area contributed by atoms with Crippen LogP contribution in [0.3, 0.4) is 0 Å². The van der Waals surface area contributed by atoms with E-state index >= 15 is 0 Å². The van der Waals surface area contributed by atoms with Crippen molar-refractivity contribution in [1.29, 1.82) is 0 Å². The molecule has 0 saturated heterocycles. The number of alkyl halides is 2. The lowest BCUT2D eigenvalue weighted by atomic mass is 10.0. The van der Waals surface area contributed by atoms with Crippen LogP contribution in [0.25, 0.3) is 0 Å². The van der Waals surface area contributed by atoms with E-state index in [9.17, 15) is 18.0 Å². The number of ether oxygens (including phenoxy) is 1. The molecule has 1 N–H and O–H groups in total. The molecule has 0 bridgehead atoms. The minimum atomic E-state index is -2.87. The monoisotopic (exact) mass is 323 g/mol. The predicted octanol–water partition coefficient (Wildman–Crippen LogP) is 4.80. The maximum Gasteiger partial charge on any atom is 0.387 e. The fraction of sp³-hybridized carbons (Fsp3) is 0.235. The zero-order valence-corrected chi connectivity index (χ0v) is 12.6. The van der Waals surface area contributed by atoms with Crippen LogP contribution in [0.2, 0.25) is 0 Å². The van der Waals surface area contributed by atoms with Gasteiger partial charge in [-0.05, 0) is 43.7 Å². The number of carbonyl (C=O) groups is 1. The number of nitrogens with one attached hydrogen (secondary N) is 1. The number of rotatable bonds is 6. The van der Waals surface area contributed by atoms with Crippen LogP contribution in [0.4, 0.5) is 18.9 Å². The predicted molar refractivity (Wildman–Crippen MR) is 81.5 cm³/mol. The normalized spacial score (nSPS) is 12.1. The number of benzene rings is 2. The highest BCUT2D eigenvalue weighted by Crippen LogP contribution is 2.26. The van der Waals surface area contributed by atoms with Gasteiger partial charge in [0.15, 0.2) is 5.78 Å². The molecule has 1 unspecified atom stereocenters. The first-order valence-corrected chi connectivity index (χ1v) is 6.99. The van der Waals surface area contributed by atoms with Crippen molar-refractivity contribution in [3.8, 4) is 5.75 Å². The summed E-state index contributed by atoms with van der Waals surface area (Å²) in [6.45, 7) is 0.240. The molecule has 6 heteroatoms. The summed E-state index contributed by atoms with van der Waals surface area (Å²) >= 11 is 0. The molecule has 0 aliphatic rings. The fourth-order valence-corrected chi connectivity index (χ4v) is 2.26. The van der Waals surface area contributed by atoms with E-state index in [1.54, 1.807) is 18.2 Å². The first kappa shape index (κ1) is 16.9. The summed E-state index contributed by atoms with van der Waals surface area (Å²) in [5, 5.41) is 3.06. The third kappa shape index (κ3) is 4.25. The van der Waals surface area contributed by atoms with E-state index in [1.807, 2.05) is 6.92 Å². The number of ketones is 1. The third-order valence-electron chi connectivity index (χ3n) is 3.34. The summed E-state index contributed by atoms with van der Waals surface area (Å²) in [5.41, 5.74) is 1.17. The largest absolute Gasteiger partial charge is 0.435 e. The number of carbonyl (C=O) groups excluding carboxylic acids is 1. The third-order valence-corrected chi connectivity index (χ3v) is 3.34. The molecular formula is C17H16F3NO2. The topological polar surface area (TPSA) is 38.3 Å². The molecule has 0 aliphatic carbocycles. The Labute approximate surface area is 132 Å². The molecule has 0 saturated carbocycles. The SMILES string of the molecule is CC(=O)c1c(F)cccc1NC(C)c1ccc(OC(F)F)cc1. The molecule has 0 heterocycles. The van der Waals surface area contributed by atoms with Crippen molar-refractivity contribution in [2.24, 2.45) is 0 Å². The number of hydrogen-bond donors (Lipinski definition) is 1. The van der Waals surface area contributed by atoms with E-state index < -0.39 is 12.4 Å². The molecule has 1 atom stereocenters. The maximum atomic E-state index is 13.8. The van der Waals surface area contributed by atoms with Gasteiger partial charge in [0.25, 0.3) is 0 Å². The van der Waals surface area contributed by atoms with Gasteiger partial charge < -0.3 is 10.1 Å². The van der Waals surface area contributed by atoms with Gasteiger partial charge in [0.05, 0.1) is 5.56 Å². The summed E-state index contributed by atoms with van der Waals surface area (Å²) in [6, 6.07) is 10.2. The van der Waals surface area contributed by atoms with Gasteiger partial charge in [-0.1, -0.05) is 18.2 Å². The standard InChI is InChI=1S/C17H16F3NO2/c1-10(12-6-8-13(9-7-12)23-17(19)20)21-15-5-3-4-14(18)16(15)11(2)22/h3-10,17,21H,1-2H3. The van der Waals surface area contributed by atoms with Crippen molar-refractivity contribution in [2.75, 3.05) is 5.32 Å². The van der Waals surface area contributed by atoms with Gasteiger partial charge in [0.2, 0.25) is 0 Å². The van der Waals surface area contributed by atoms with Gasteiger partial charge in [-0.2, -0.15) is 8.78 Å². The van der Waals surface area contributed by atoms with Crippen molar-refractivity contribution in [3.05, 3.63) is 59.4 Å². The van der Waals surface area contributed by atoms with Crippen LogP contribution in [-0.4, -0.2) is 12.4 Å². The van der Waals surface area contributed by atoms with Crippen LogP contribution >= 0.6 is 0 Å². The Morgan fingerprint density at radius 2 is 1.78 bits per heavy atom. The lowest BCUT2D eigenvalue weighted by Crippen LogP contribution is -2.11. The number of halogens is 3. The number of anilines is 1. The first-order valence-electron chi connectivity index (χ1n) is 6.99. The van der Waals surface area contributed by atoms with Crippen LogP contribution < -0.4 is 10.1 Å². The molecule has 2 rings (SSSR count). The molecule has 0 radical (unpaired) electrons. The fourth-order valence-electron chi connectivity index (χ4n) is 2.26. The molecular weight excluding hydrogens is 307 g/mol. The quantitative estimate of drug-likeness (QED) is 0.776. The van der Waals surface area contributed by atoms with Crippen LogP contribution in [0.5, 0.6) is 5.75 Å². The highest BCUT2D eigenvalue weighted by Gasteiger charge is 2.15. The summed E-state index contributed by atoms with van der Waals surface area (Å²) < 4.78 is 42.3. The summed E-state index contributed by atoms with van der Waals surface area (Å²) in [6.07, 6.45) is 0. The zero-order chi connectivity index (χ0) is 17.0. The van der Waals surface area contributed by atoms with Crippen molar-refractivity contribution >= 4 is 11.5 Å². The average molecular weight is 323 g/mol. The van der Waals surface area contributed by atoms with E-state index in [0.29, 0.717) is 5.69 Å². The number of hydrogen-bond acceptors (Lipinski definition) is 3. The van der Waals surface area contributed by atoms with E-state index in [4.69, 9.17) is 0 Å². The van der Waals surface area contributed by atoms with E-state index in [-0.39, 0.29) is 23.1 Å². The second-order valence-corrected chi connectivity index (χ2v) is 5.03. The molecule has 0 spiro atoms. The highest BCUT2D eigenvalue weighted by molar-refractivity contribution is 5.99. The maximum absolute atomic E-state index is 13.8. The van der Waals surface area contributed by atoms with E-state index in [0.717, 1.165) is 5.56 Å². The van der Waals surface area contributed by atoms with E-state index in [1.165, 1.54) is 31.2 Å². The van der Waals surface area contributed by atoms with Crippen LogP contribution in [0, 0.1) is 5.82 Å². The van der Waals surface area contributed by atoms with Gasteiger partial charge in [-0.15, -0.1) is 0 Å². The van der Waals surface area contributed by atoms with Crippen LogP contribution in [0.1, 0.15) is 35.8 Å². The molecule has 0 amide bonds. The van der Waals surface area contributed by atoms with Gasteiger partial charge >= 0.3 is 6.61 Å². The minimum Gasteiger partial charge on any atom is -0.435 e. The first-order chi connectivity index (χ1) is 10.9. The second-order valence-electron chi connectivity index (χ2n) is 5.03. The molecule has 0 aromatic heterocycles. The van der Waals surface area contributed by atoms with Crippen LogP contribution in [-0.2, 0) is 0 Å². The van der Waals surface area contributed by atoms with Crippen molar-refractivity contribution in [3.63, 3.8) is 0 Å². The van der Waals surface area contributed by atoms with Crippen molar-refractivity contribution in [1.82, 2.24) is 0 Å². The number of Topliss-reactive ketones (excluding diaryl/α,β-unsaturated/α-hetero) is 1. The molecule has 0 fully saturated rings. The van der Waals surface area contributed by atoms with Gasteiger partial charge in [-0.25, -0.2) is 4.39 Å². The minimum absolute atomic E-state index is 0.00277. The zero-order valence-electron chi connectivity index (χ0n) is 12.6. The van der Waals surface area contributed by atoms with Crippen molar-refractivity contribution in [2.45, 2.75) is 26.5 Å². The molecule has 23 heavy (non-hydrogen) atoms.